The van der Waals surface area contributed by atoms with Crippen LogP contribution in [0.5, 0.6) is 40.2 Å². The summed E-state index contributed by atoms with van der Waals surface area (Å²) in [5.74, 6) is -2.43. The number of nitrogens with zero attached hydrogens (tertiary/aromatic N) is 1. The van der Waals surface area contributed by atoms with Crippen LogP contribution in [0.2, 0.25) is 0 Å². The molecule has 7 N–H and O–H groups in total. The van der Waals surface area contributed by atoms with Crippen LogP contribution in [0.25, 0.3) is 55.4 Å². The number of morpholine rings is 1. The maximum atomic E-state index is 13.6. The average molecular weight is 1360 g/mol. The highest BCUT2D eigenvalue weighted by molar-refractivity contribution is 6.14. The number of benzene rings is 5. The lowest BCUT2D eigenvalue weighted by atomic mass is 9.53. The number of esters is 2. The van der Waals surface area contributed by atoms with Gasteiger partial charge in [-0.2, -0.15) is 0 Å². The van der Waals surface area contributed by atoms with Crippen molar-refractivity contribution in [2.75, 3.05) is 31.2 Å². The molecule has 9 aromatic rings. The fourth-order valence-corrected chi connectivity index (χ4v) is 17.1. The van der Waals surface area contributed by atoms with Gasteiger partial charge in [0.2, 0.25) is 17.0 Å². The van der Waals surface area contributed by atoms with E-state index >= 15 is 0 Å². The summed E-state index contributed by atoms with van der Waals surface area (Å²) in [5, 5.41) is 69.4. The van der Waals surface area contributed by atoms with Crippen molar-refractivity contribution in [3.63, 3.8) is 0 Å². The first-order chi connectivity index (χ1) is 47.5. The molecular formula is C78H77NO21. The Hall–Kier alpha value is -10.6. The fourth-order valence-electron chi connectivity index (χ4n) is 17.1. The zero-order chi connectivity index (χ0) is 71.4. The van der Waals surface area contributed by atoms with Crippen LogP contribution in [-0.2, 0) is 34.6 Å². The van der Waals surface area contributed by atoms with Crippen molar-refractivity contribution in [2.24, 2.45) is 22.7 Å². The van der Waals surface area contributed by atoms with E-state index in [2.05, 4.69) is 32.6 Å². The number of ether oxygens (including phenoxy) is 3. The molecule has 0 unspecified atom stereocenters. The van der Waals surface area contributed by atoms with E-state index < -0.39 is 63.4 Å². The standard InChI is InChI=1S/C22H22O7.C22H28O4.C19H17NO3.C15H10O7/c1-9-22(4)16-11(20(26)28-9)8-27-19(16)18(25)15-12-5-6-14(24)21(12,3)7-13(17(15)22)29-10(2)23;1-12-6-7-16-21(2,3)8-5-9-22(16,4)17-13-10-15(24)18(25)14(11-23)20(13)26-19(12)17;21-17-13-18(20-9-11-22-12-10-20)23-19-15(7-4-8-16(17)19)14-5-2-1-3-6-14;16-7-4-10(19)12-11(5-7)22-15(14(21)13(12)20)6-1-2-8(17)9(18)3-6/h8-9,12-13H,5-7H2,1-4H3;10-12,16,24-25H,5-9H2,1-4H3;1-8,13H,9-12H2;1-5,16-19,21H/t9-,12+,13-,21+,22+;12-,16+,22+;;/m11../s1. The molecule has 3 fully saturated rings. The highest BCUT2D eigenvalue weighted by atomic mass is 16.6. The number of anilines is 1. The zero-order valence-electron chi connectivity index (χ0n) is 56.5. The van der Waals surface area contributed by atoms with E-state index in [1.807, 2.05) is 62.4 Å². The van der Waals surface area contributed by atoms with Crippen LogP contribution in [0, 0.1) is 22.7 Å². The summed E-state index contributed by atoms with van der Waals surface area (Å²) in [7, 11) is 0. The molecular weight excluding hydrogens is 1290 g/mol. The highest BCUT2D eigenvalue weighted by Crippen LogP contribution is 2.63. The number of Topliss-reactive ketones (excluding diaryl/α,β-unsaturated/α-hetero) is 2. The van der Waals surface area contributed by atoms with Gasteiger partial charge in [0, 0.05) is 102 Å². The van der Waals surface area contributed by atoms with Gasteiger partial charge in [0.25, 0.3) is 0 Å². The molecule has 0 amide bonds. The molecule has 22 nitrogen and oxygen atoms in total. The normalized spacial score (nSPS) is 24.7. The zero-order valence-corrected chi connectivity index (χ0v) is 56.5. The van der Waals surface area contributed by atoms with Crippen LogP contribution < -0.4 is 15.8 Å². The van der Waals surface area contributed by atoms with Crippen molar-refractivity contribution in [2.45, 2.75) is 136 Å². The van der Waals surface area contributed by atoms with Crippen LogP contribution in [-0.4, -0.2) is 104 Å². The molecule has 100 heavy (non-hydrogen) atoms. The number of phenols is 6. The number of ketones is 2. The van der Waals surface area contributed by atoms with Crippen LogP contribution in [0.3, 0.4) is 0 Å². The van der Waals surface area contributed by atoms with Crippen LogP contribution >= 0.6 is 0 Å². The maximum Gasteiger partial charge on any atom is 0.342 e. The van der Waals surface area contributed by atoms with Gasteiger partial charge in [0.05, 0.1) is 24.0 Å². The topological polar surface area (TPSA) is 345 Å². The van der Waals surface area contributed by atoms with Crippen LogP contribution in [0.1, 0.15) is 161 Å². The molecule has 16 rings (SSSR count). The second kappa shape index (κ2) is 25.3. The Bertz CT molecular complexity index is 5020. The first kappa shape index (κ1) is 67.9. The second-order valence-corrected chi connectivity index (χ2v) is 28.5. The van der Waals surface area contributed by atoms with E-state index in [-0.39, 0.29) is 96.1 Å². The number of rotatable bonds is 5. The van der Waals surface area contributed by atoms with E-state index in [0.29, 0.717) is 83.8 Å². The van der Waals surface area contributed by atoms with Crippen molar-refractivity contribution >= 4 is 68.6 Å². The number of allylic oxidation sites excluding steroid dienone is 1. The maximum absolute atomic E-state index is 13.6. The van der Waals surface area contributed by atoms with Gasteiger partial charge in [-0.1, -0.05) is 83.5 Å². The molecule has 1 saturated heterocycles. The Labute approximate surface area is 572 Å². The number of hydrogen-bond acceptors (Lipinski definition) is 22. The Morgan fingerprint density at radius 1 is 0.680 bits per heavy atom. The number of fused-ring (bicyclic) bond motifs is 10. The largest absolute Gasteiger partial charge is 0.508 e. The van der Waals surface area contributed by atoms with Crippen molar-refractivity contribution in [1.29, 1.82) is 0 Å². The number of hydrogen-bond donors (Lipinski definition) is 7. The molecule has 4 aromatic heterocycles. The van der Waals surface area contributed by atoms with E-state index in [1.54, 1.807) is 19.1 Å². The van der Waals surface area contributed by atoms with E-state index in [0.717, 1.165) is 90.9 Å². The number of carbonyl (C=O) groups is 5. The smallest absolute Gasteiger partial charge is 0.342 e. The SMILES string of the molecule is CC(=O)O[C@@H]1C[C@]2(C)C(=O)CC[C@H]2C2=C1[C@]1(C)c3c(coc3C2=O)C(=O)O[C@@H]1C.C[C@@H]1CC[C@H]2C(C)(C)CCC[C@]2(C)c2c1oc1c(C=O)c(O)c(O)cc21.O=c1c(O)c(-c2ccc(O)c(O)c2)oc2cc(O)cc(O)c12.O=c1cc(N2CCOCC2)oc2c(-c3ccccc3)cccc12. The number of phenolic OH excluding ortho intramolecular Hbond substituents is 6. The third kappa shape index (κ3) is 11.1. The first-order valence-electron chi connectivity index (χ1n) is 33.5. The summed E-state index contributed by atoms with van der Waals surface area (Å²) >= 11 is 0. The molecule has 0 spiro atoms. The predicted molar refractivity (Wildman–Crippen MR) is 367 cm³/mol. The molecule has 5 aliphatic carbocycles. The summed E-state index contributed by atoms with van der Waals surface area (Å²) in [6, 6.07) is 24.5. The monoisotopic (exact) mass is 1360 g/mol. The van der Waals surface area contributed by atoms with Gasteiger partial charge in [0.1, 0.15) is 74.8 Å². The van der Waals surface area contributed by atoms with Crippen molar-refractivity contribution < 1.29 is 91.6 Å². The Kier molecular flexibility index (Phi) is 17.2. The first-order valence-corrected chi connectivity index (χ1v) is 33.5. The third-order valence-corrected chi connectivity index (χ3v) is 22.2. The summed E-state index contributed by atoms with van der Waals surface area (Å²) in [5.41, 5.74) is 3.78. The second-order valence-electron chi connectivity index (χ2n) is 28.5. The molecule has 22 heteroatoms. The van der Waals surface area contributed by atoms with Gasteiger partial charge < -0.3 is 72.5 Å². The molecule has 7 aliphatic rings. The van der Waals surface area contributed by atoms with Crippen LogP contribution in [0.4, 0.5) is 5.88 Å². The lowest BCUT2D eigenvalue weighted by Crippen LogP contribution is -2.55. The van der Waals surface area contributed by atoms with E-state index in [1.165, 1.54) is 25.7 Å². The molecule has 6 heterocycles. The quantitative estimate of drug-likeness (QED) is 0.0478. The van der Waals surface area contributed by atoms with E-state index in [4.69, 9.17) is 31.9 Å². The average Bonchev–Trinajstić information content (AvgIpc) is 1.37. The van der Waals surface area contributed by atoms with Gasteiger partial charge >= 0.3 is 11.9 Å². The summed E-state index contributed by atoms with van der Waals surface area (Å²) < 4.78 is 40.0. The summed E-state index contributed by atoms with van der Waals surface area (Å²) in [6.45, 7) is 18.9. The molecule has 0 bridgehead atoms. The van der Waals surface area contributed by atoms with Gasteiger partial charge in [-0.3, -0.25) is 28.8 Å². The Balaban J connectivity index is 0.000000120. The fraction of sp³-hybridized carbons (Fsp3) is 0.372. The molecule has 520 valence electrons. The van der Waals surface area contributed by atoms with E-state index in [9.17, 15) is 69.3 Å². The van der Waals surface area contributed by atoms with Gasteiger partial charge in [0.15, 0.2) is 52.1 Å². The minimum Gasteiger partial charge on any atom is -0.508 e. The van der Waals surface area contributed by atoms with Gasteiger partial charge in [-0.15, -0.1) is 0 Å². The minimum absolute atomic E-state index is 0.00878. The number of aromatic hydroxyl groups is 7. The number of furan rings is 2. The molecule has 2 aliphatic heterocycles. The number of carbonyl (C=O) groups excluding carboxylic acids is 5. The molecule has 5 aromatic carbocycles. The summed E-state index contributed by atoms with van der Waals surface area (Å²) in [4.78, 5) is 89.0. The molecule has 2 saturated carbocycles. The number of para-hydroxylation sites is 1. The number of cyclic esters (lactones) is 1. The third-order valence-electron chi connectivity index (χ3n) is 22.2. The lowest BCUT2D eigenvalue weighted by Gasteiger charge is -2.51. The van der Waals surface area contributed by atoms with Crippen LogP contribution in [0.15, 0.2) is 136 Å². The Morgan fingerprint density at radius 3 is 2.13 bits per heavy atom. The minimum atomic E-state index is -0.888. The van der Waals surface area contributed by atoms with Crippen molar-refractivity contribution in [3.05, 3.63) is 163 Å². The highest BCUT2D eigenvalue weighted by Gasteiger charge is 2.64. The Morgan fingerprint density at radius 2 is 1.42 bits per heavy atom. The number of aldehydes is 1. The molecule has 0 radical (unpaired) electrons. The lowest BCUT2D eigenvalue weighted by molar-refractivity contribution is -0.149. The molecule has 8 atom stereocenters. The van der Waals surface area contributed by atoms with Crippen molar-refractivity contribution in [1.82, 2.24) is 0 Å². The van der Waals surface area contributed by atoms with Crippen molar-refractivity contribution in [3.8, 4) is 62.7 Å². The van der Waals surface area contributed by atoms with Gasteiger partial charge in [-0.05, 0) is 104 Å². The summed E-state index contributed by atoms with van der Waals surface area (Å²) in [6.07, 6.45) is 7.45. The van der Waals surface area contributed by atoms with Gasteiger partial charge in [-0.25, -0.2) is 4.79 Å². The predicted octanol–water partition coefficient (Wildman–Crippen LogP) is 13.8.